The highest BCUT2D eigenvalue weighted by atomic mass is 16.5. The fourth-order valence-corrected chi connectivity index (χ4v) is 1.96. The summed E-state index contributed by atoms with van der Waals surface area (Å²) in [6, 6.07) is 0. The molecule has 0 unspecified atom stereocenters. The number of ether oxygens (including phenoxy) is 1. The van der Waals surface area contributed by atoms with Crippen molar-refractivity contribution < 1.29 is 4.74 Å². The SMILES string of the molecule is C=CC[C@@H](C)CCC1CCOCC1. The largest absolute Gasteiger partial charge is 0.381 e. The topological polar surface area (TPSA) is 9.23 Å². The number of hydrogen-bond acceptors (Lipinski definition) is 1. The Morgan fingerprint density at radius 2 is 2.15 bits per heavy atom. The third kappa shape index (κ3) is 4.47. The molecule has 1 fully saturated rings. The second kappa shape index (κ2) is 6.20. The van der Waals surface area contributed by atoms with Crippen LogP contribution in [0.1, 0.15) is 39.0 Å². The van der Waals surface area contributed by atoms with Gasteiger partial charge in [-0.2, -0.15) is 0 Å². The average molecular weight is 182 g/mol. The summed E-state index contributed by atoms with van der Waals surface area (Å²) in [5.41, 5.74) is 0. The van der Waals surface area contributed by atoms with Gasteiger partial charge in [0, 0.05) is 13.2 Å². The van der Waals surface area contributed by atoms with Crippen molar-refractivity contribution in [2.75, 3.05) is 13.2 Å². The van der Waals surface area contributed by atoms with Gasteiger partial charge in [0.1, 0.15) is 0 Å². The van der Waals surface area contributed by atoms with Gasteiger partial charge in [-0.25, -0.2) is 0 Å². The summed E-state index contributed by atoms with van der Waals surface area (Å²) >= 11 is 0. The van der Waals surface area contributed by atoms with Crippen molar-refractivity contribution in [3.05, 3.63) is 12.7 Å². The molecule has 0 spiro atoms. The third-order valence-corrected chi connectivity index (χ3v) is 2.98. The monoisotopic (exact) mass is 182 g/mol. The zero-order valence-electron chi connectivity index (χ0n) is 8.80. The second-order valence-corrected chi connectivity index (χ2v) is 4.26. The predicted molar refractivity (Wildman–Crippen MR) is 56.8 cm³/mol. The van der Waals surface area contributed by atoms with Crippen molar-refractivity contribution in [3.63, 3.8) is 0 Å². The molecule has 76 valence electrons. The molecule has 0 bridgehead atoms. The van der Waals surface area contributed by atoms with E-state index in [2.05, 4.69) is 13.5 Å². The molecule has 1 rings (SSSR count). The number of hydrogen-bond donors (Lipinski definition) is 0. The van der Waals surface area contributed by atoms with Crippen LogP contribution < -0.4 is 0 Å². The molecule has 1 atom stereocenters. The molecule has 13 heavy (non-hydrogen) atoms. The maximum atomic E-state index is 5.34. The van der Waals surface area contributed by atoms with Crippen LogP contribution in [0.25, 0.3) is 0 Å². The van der Waals surface area contributed by atoms with E-state index in [1.807, 2.05) is 6.08 Å². The van der Waals surface area contributed by atoms with E-state index < -0.39 is 0 Å². The Bertz CT molecular complexity index is 136. The Morgan fingerprint density at radius 1 is 1.46 bits per heavy atom. The van der Waals surface area contributed by atoms with Crippen LogP contribution in [0.15, 0.2) is 12.7 Å². The first kappa shape index (κ1) is 10.8. The molecule has 0 aromatic heterocycles. The first-order chi connectivity index (χ1) is 6.33. The van der Waals surface area contributed by atoms with Crippen molar-refractivity contribution in [1.82, 2.24) is 0 Å². The Balaban J connectivity index is 2.06. The van der Waals surface area contributed by atoms with Gasteiger partial charge < -0.3 is 4.74 Å². The van der Waals surface area contributed by atoms with Gasteiger partial charge in [-0.1, -0.05) is 25.8 Å². The lowest BCUT2D eigenvalue weighted by molar-refractivity contribution is 0.0621. The van der Waals surface area contributed by atoms with Crippen LogP contribution in [0.5, 0.6) is 0 Å². The molecule has 1 heteroatoms. The van der Waals surface area contributed by atoms with Crippen LogP contribution in [0.3, 0.4) is 0 Å². The quantitative estimate of drug-likeness (QED) is 0.592. The van der Waals surface area contributed by atoms with Crippen molar-refractivity contribution in [2.24, 2.45) is 11.8 Å². The standard InChI is InChI=1S/C12H22O/c1-3-4-11(2)5-6-12-7-9-13-10-8-12/h3,11-12H,1,4-10H2,2H3/t11-/m1/s1. The first-order valence-electron chi connectivity index (χ1n) is 5.51. The minimum absolute atomic E-state index is 0.820. The van der Waals surface area contributed by atoms with E-state index in [0.717, 1.165) is 25.0 Å². The van der Waals surface area contributed by atoms with E-state index >= 15 is 0 Å². The second-order valence-electron chi connectivity index (χ2n) is 4.26. The van der Waals surface area contributed by atoms with Gasteiger partial charge in [-0.15, -0.1) is 6.58 Å². The third-order valence-electron chi connectivity index (χ3n) is 2.98. The van der Waals surface area contributed by atoms with Crippen LogP contribution in [0.4, 0.5) is 0 Å². The molecule has 1 saturated heterocycles. The van der Waals surface area contributed by atoms with Gasteiger partial charge in [-0.05, 0) is 31.1 Å². The molecule has 0 aromatic rings. The Hall–Kier alpha value is -0.300. The molecule has 1 nitrogen and oxygen atoms in total. The smallest absolute Gasteiger partial charge is 0.0468 e. The zero-order valence-corrected chi connectivity index (χ0v) is 8.80. The molecule has 1 aliphatic heterocycles. The summed E-state index contributed by atoms with van der Waals surface area (Å²) < 4.78 is 5.34. The first-order valence-corrected chi connectivity index (χ1v) is 5.51. The molecule has 1 aliphatic rings. The van der Waals surface area contributed by atoms with E-state index in [1.54, 1.807) is 0 Å². The molecule has 0 amide bonds. The average Bonchev–Trinajstić information content (AvgIpc) is 2.17. The summed E-state index contributed by atoms with van der Waals surface area (Å²) in [6.45, 7) is 8.07. The van der Waals surface area contributed by atoms with Gasteiger partial charge in [0.25, 0.3) is 0 Å². The van der Waals surface area contributed by atoms with Crippen molar-refractivity contribution in [2.45, 2.75) is 39.0 Å². The summed E-state index contributed by atoms with van der Waals surface area (Å²) in [6.07, 6.45) is 8.51. The van der Waals surface area contributed by atoms with Crippen molar-refractivity contribution in [3.8, 4) is 0 Å². The van der Waals surface area contributed by atoms with Crippen LogP contribution in [-0.4, -0.2) is 13.2 Å². The Morgan fingerprint density at radius 3 is 2.77 bits per heavy atom. The lowest BCUT2D eigenvalue weighted by atomic mass is 9.90. The molecular formula is C12H22O. The molecule has 0 N–H and O–H groups in total. The minimum Gasteiger partial charge on any atom is -0.381 e. The van der Waals surface area contributed by atoms with Gasteiger partial charge >= 0.3 is 0 Å². The molecule has 0 radical (unpaired) electrons. The summed E-state index contributed by atoms with van der Waals surface area (Å²) in [5.74, 6) is 1.75. The maximum Gasteiger partial charge on any atom is 0.0468 e. The van der Waals surface area contributed by atoms with Crippen molar-refractivity contribution in [1.29, 1.82) is 0 Å². The van der Waals surface area contributed by atoms with Gasteiger partial charge in [0.15, 0.2) is 0 Å². The molecule has 0 saturated carbocycles. The van der Waals surface area contributed by atoms with Gasteiger partial charge in [0.05, 0.1) is 0 Å². The minimum atomic E-state index is 0.820. The number of rotatable bonds is 5. The Kier molecular flexibility index (Phi) is 5.14. The molecule has 0 aliphatic carbocycles. The maximum absolute atomic E-state index is 5.34. The highest BCUT2D eigenvalue weighted by Gasteiger charge is 2.14. The zero-order chi connectivity index (χ0) is 9.52. The Labute approximate surface area is 82.2 Å². The van der Waals surface area contributed by atoms with E-state index in [9.17, 15) is 0 Å². The van der Waals surface area contributed by atoms with Crippen LogP contribution in [0.2, 0.25) is 0 Å². The molecular weight excluding hydrogens is 160 g/mol. The summed E-state index contributed by atoms with van der Waals surface area (Å²) in [4.78, 5) is 0. The number of allylic oxidation sites excluding steroid dienone is 1. The normalized spacial score (nSPS) is 21.3. The van der Waals surface area contributed by atoms with Crippen molar-refractivity contribution >= 4 is 0 Å². The highest BCUT2D eigenvalue weighted by molar-refractivity contribution is 4.72. The summed E-state index contributed by atoms with van der Waals surface area (Å²) in [5, 5.41) is 0. The van der Waals surface area contributed by atoms with E-state index in [4.69, 9.17) is 4.74 Å². The lowest BCUT2D eigenvalue weighted by Gasteiger charge is -2.22. The van der Waals surface area contributed by atoms with E-state index in [1.165, 1.54) is 32.1 Å². The molecule has 0 aromatic carbocycles. The van der Waals surface area contributed by atoms with Crippen LogP contribution in [-0.2, 0) is 4.74 Å². The molecule has 1 heterocycles. The lowest BCUT2D eigenvalue weighted by Crippen LogP contribution is -2.16. The van der Waals surface area contributed by atoms with Crippen LogP contribution >= 0.6 is 0 Å². The van der Waals surface area contributed by atoms with Crippen LogP contribution in [0, 0.1) is 11.8 Å². The van der Waals surface area contributed by atoms with Gasteiger partial charge in [0.2, 0.25) is 0 Å². The predicted octanol–water partition coefficient (Wildman–Crippen LogP) is 3.41. The summed E-state index contributed by atoms with van der Waals surface area (Å²) in [7, 11) is 0. The van der Waals surface area contributed by atoms with E-state index in [-0.39, 0.29) is 0 Å². The van der Waals surface area contributed by atoms with Gasteiger partial charge in [-0.3, -0.25) is 0 Å². The fraction of sp³-hybridized carbons (Fsp3) is 0.833. The fourth-order valence-electron chi connectivity index (χ4n) is 1.96. The highest BCUT2D eigenvalue weighted by Crippen LogP contribution is 2.23. The van der Waals surface area contributed by atoms with E-state index in [0.29, 0.717) is 0 Å².